The Bertz CT molecular complexity index is 339. The van der Waals surface area contributed by atoms with Crippen LogP contribution in [-0.4, -0.2) is 17.2 Å². The summed E-state index contributed by atoms with van der Waals surface area (Å²) in [5.74, 6) is 2.58. The highest BCUT2D eigenvalue weighted by Gasteiger charge is 1.87. The van der Waals surface area contributed by atoms with Gasteiger partial charge in [-0.25, -0.2) is 4.99 Å². The van der Waals surface area contributed by atoms with Crippen LogP contribution in [0.2, 0.25) is 0 Å². The van der Waals surface area contributed by atoms with Crippen molar-refractivity contribution in [2.24, 2.45) is 4.99 Å². The maximum atomic E-state index is 10.8. The van der Waals surface area contributed by atoms with Crippen molar-refractivity contribution in [2.45, 2.75) is 0 Å². The van der Waals surface area contributed by atoms with Gasteiger partial charge < -0.3 is 0 Å². The van der Waals surface area contributed by atoms with Crippen LogP contribution in [0.15, 0.2) is 41.4 Å². The number of carbonyl (C=O) groups excluding carboxylic acids is 1. The number of benzene rings is 1. The maximum Gasteiger partial charge on any atom is 0.221 e. The van der Waals surface area contributed by atoms with Crippen LogP contribution in [0.1, 0.15) is 0 Å². The van der Waals surface area contributed by atoms with Crippen molar-refractivity contribution in [2.75, 3.05) is 6.26 Å². The van der Waals surface area contributed by atoms with Crippen LogP contribution < -0.4 is 0 Å². The van der Waals surface area contributed by atoms with Crippen molar-refractivity contribution in [1.29, 1.82) is 0 Å². The smallest absolute Gasteiger partial charge is 0.221 e. The van der Waals surface area contributed by atoms with E-state index in [9.17, 15) is 4.79 Å². The highest BCUT2D eigenvalue weighted by Crippen LogP contribution is 2.07. The first-order valence-electron chi connectivity index (χ1n) is 3.75. The fourth-order valence-corrected chi connectivity index (χ4v) is 0.892. The zero-order valence-electron chi connectivity index (χ0n) is 7.23. The van der Waals surface area contributed by atoms with Gasteiger partial charge in [0.05, 0.1) is 11.8 Å². The Morgan fingerprint density at radius 2 is 2.15 bits per heavy atom. The quantitative estimate of drug-likeness (QED) is 0.530. The van der Waals surface area contributed by atoms with Gasteiger partial charge in [-0.05, 0) is 24.3 Å². The van der Waals surface area contributed by atoms with E-state index in [1.165, 1.54) is 6.08 Å². The lowest BCUT2D eigenvalue weighted by Gasteiger charge is -1.85. The Hall–Kier alpha value is -1.31. The molecule has 0 radical (unpaired) electrons. The van der Waals surface area contributed by atoms with Crippen LogP contribution in [0.5, 0.6) is 0 Å². The molecule has 0 saturated heterocycles. The molecule has 0 aliphatic rings. The van der Waals surface area contributed by atoms with E-state index in [0.717, 1.165) is 17.4 Å². The maximum absolute atomic E-state index is 10.8. The van der Waals surface area contributed by atoms with E-state index in [2.05, 4.69) is 10.9 Å². The largest absolute Gasteiger partial charge is 0.282 e. The first kappa shape index (κ1) is 9.78. The Balaban J connectivity index is 2.69. The Labute approximate surface area is 81.4 Å². The molecule has 0 saturated carbocycles. The summed E-state index contributed by atoms with van der Waals surface area (Å²) in [6.45, 7) is 0. The molecule has 0 amide bonds. The Kier molecular flexibility index (Phi) is 4.03. The lowest BCUT2D eigenvalue weighted by atomic mass is 10.3. The normalized spacial score (nSPS) is 8.69. The molecule has 0 N–H and O–H groups in total. The average Bonchev–Trinajstić information content (AvgIpc) is 2.19. The van der Waals surface area contributed by atoms with Crippen molar-refractivity contribution >= 4 is 28.4 Å². The van der Waals surface area contributed by atoms with Gasteiger partial charge in [0.25, 0.3) is 0 Å². The topological polar surface area (TPSA) is 29.4 Å². The van der Waals surface area contributed by atoms with Crippen LogP contribution >= 0.6 is 11.8 Å². The van der Waals surface area contributed by atoms with Gasteiger partial charge >= 0.3 is 0 Å². The first-order valence-corrected chi connectivity index (χ1v) is 4.98. The van der Waals surface area contributed by atoms with Gasteiger partial charge in [0.15, 0.2) is 0 Å². The van der Waals surface area contributed by atoms with E-state index >= 15 is 0 Å². The summed E-state index contributed by atoms with van der Waals surface area (Å²) >= 11 is 1.14. The zero-order chi connectivity index (χ0) is 9.52. The standard InChI is InChI=1S/C10H9NOS/c1-13-10(12)7-8-11-9-5-3-2-4-6-9/h2-7H,1H3. The van der Waals surface area contributed by atoms with Gasteiger partial charge in [-0.2, -0.15) is 0 Å². The fourth-order valence-electron chi connectivity index (χ4n) is 0.721. The second-order valence-electron chi connectivity index (χ2n) is 2.24. The highest BCUT2D eigenvalue weighted by molar-refractivity contribution is 8.13. The Morgan fingerprint density at radius 3 is 2.77 bits per heavy atom. The summed E-state index contributed by atoms with van der Waals surface area (Å²) in [4.78, 5) is 14.7. The van der Waals surface area contributed by atoms with Crippen molar-refractivity contribution in [3.8, 4) is 0 Å². The molecule has 1 aromatic carbocycles. The predicted octanol–water partition coefficient (Wildman–Crippen LogP) is 2.43. The number of nitrogens with zero attached hydrogens (tertiary/aromatic N) is 1. The number of hydrogen-bond donors (Lipinski definition) is 0. The van der Waals surface area contributed by atoms with Gasteiger partial charge in [-0.3, -0.25) is 4.79 Å². The highest BCUT2D eigenvalue weighted by atomic mass is 32.2. The minimum Gasteiger partial charge on any atom is -0.282 e. The summed E-state index contributed by atoms with van der Waals surface area (Å²) in [6.07, 6.45) is 3.06. The first-order chi connectivity index (χ1) is 6.33. The molecule has 66 valence electrons. The van der Waals surface area contributed by atoms with Crippen LogP contribution in [0.4, 0.5) is 5.69 Å². The molecule has 2 nitrogen and oxygen atoms in total. The number of hydrogen-bond acceptors (Lipinski definition) is 3. The van der Waals surface area contributed by atoms with E-state index in [1.807, 2.05) is 30.3 Å². The molecular formula is C10H9NOS. The molecule has 0 bridgehead atoms. The van der Waals surface area contributed by atoms with E-state index in [1.54, 1.807) is 6.26 Å². The van der Waals surface area contributed by atoms with Crippen molar-refractivity contribution in [3.63, 3.8) is 0 Å². The monoisotopic (exact) mass is 191 g/mol. The molecule has 1 rings (SSSR count). The van der Waals surface area contributed by atoms with Gasteiger partial charge in [0, 0.05) is 0 Å². The van der Waals surface area contributed by atoms with Crippen LogP contribution in [0.25, 0.3) is 0 Å². The molecule has 0 unspecified atom stereocenters. The van der Waals surface area contributed by atoms with Crippen molar-refractivity contribution < 1.29 is 4.79 Å². The molecule has 0 aliphatic carbocycles. The average molecular weight is 191 g/mol. The molecule has 0 aromatic heterocycles. The number of aliphatic imine (C=N–C) groups is 1. The van der Waals surface area contributed by atoms with E-state index in [-0.39, 0.29) is 5.12 Å². The summed E-state index contributed by atoms with van der Waals surface area (Å²) < 4.78 is 0. The summed E-state index contributed by atoms with van der Waals surface area (Å²) in [5.41, 5.74) is 0.799. The minimum atomic E-state index is -0.0420. The SMILES string of the molecule is CSC(=O)C=C=Nc1ccccc1. The third-order valence-corrected chi connectivity index (χ3v) is 1.85. The molecule has 0 spiro atoms. The summed E-state index contributed by atoms with van der Waals surface area (Å²) in [5, 5.41) is -0.0420. The lowest BCUT2D eigenvalue weighted by Crippen LogP contribution is -1.80. The third-order valence-electron chi connectivity index (χ3n) is 1.33. The van der Waals surface area contributed by atoms with E-state index < -0.39 is 0 Å². The van der Waals surface area contributed by atoms with Crippen molar-refractivity contribution in [1.82, 2.24) is 0 Å². The number of thioether (sulfide) groups is 1. The molecule has 0 fully saturated rings. The number of rotatable bonds is 2. The molecular weight excluding hydrogens is 182 g/mol. The fraction of sp³-hybridized carbons (Fsp3) is 0.100. The van der Waals surface area contributed by atoms with E-state index in [4.69, 9.17) is 0 Å². The number of para-hydroxylation sites is 1. The van der Waals surface area contributed by atoms with Gasteiger partial charge in [0.1, 0.15) is 0 Å². The van der Waals surface area contributed by atoms with E-state index in [0.29, 0.717) is 0 Å². The molecule has 3 heteroatoms. The molecule has 13 heavy (non-hydrogen) atoms. The van der Waals surface area contributed by atoms with Gasteiger partial charge in [-0.1, -0.05) is 30.0 Å². The second-order valence-corrected chi connectivity index (χ2v) is 3.05. The summed E-state index contributed by atoms with van der Waals surface area (Å²) in [7, 11) is 0. The Morgan fingerprint density at radius 1 is 1.46 bits per heavy atom. The lowest BCUT2D eigenvalue weighted by molar-refractivity contribution is -0.106. The van der Waals surface area contributed by atoms with Gasteiger partial charge in [-0.15, -0.1) is 0 Å². The molecule has 0 atom stereocenters. The predicted molar refractivity (Wildman–Crippen MR) is 56.6 cm³/mol. The van der Waals surface area contributed by atoms with Crippen molar-refractivity contribution in [3.05, 3.63) is 36.4 Å². The minimum absolute atomic E-state index is 0.0420. The van der Waals surface area contributed by atoms with Gasteiger partial charge in [0.2, 0.25) is 5.12 Å². The summed E-state index contributed by atoms with van der Waals surface area (Å²) in [6, 6.07) is 9.39. The van der Waals surface area contributed by atoms with Crippen LogP contribution in [-0.2, 0) is 4.79 Å². The molecule has 0 aliphatic heterocycles. The van der Waals surface area contributed by atoms with Crippen LogP contribution in [0.3, 0.4) is 0 Å². The zero-order valence-corrected chi connectivity index (χ0v) is 8.04. The number of carbonyl (C=O) groups is 1. The second kappa shape index (κ2) is 5.36. The molecule has 1 aromatic rings. The van der Waals surface area contributed by atoms with Crippen LogP contribution in [0, 0.1) is 0 Å². The molecule has 0 heterocycles. The third kappa shape index (κ3) is 3.74.